The summed E-state index contributed by atoms with van der Waals surface area (Å²) in [4.78, 5) is 67.3. The first-order valence-electron chi connectivity index (χ1n) is 22.0. The number of hydrogen-bond acceptors (Lipinski definition) is 14. The van der Waals surface area contributed by atoms with E-state index in [0.717, 1.165) is 87.8 Å². The summed E-state index contributed by atoms with van der Waals surface area (Å²) in [5, 5.41) is 15.2. The molecule has 1 N–H and O–H groups in total. The number of halogens is 3. The van der Waals surface area contributed by atoms with Crippen molar-refractivity contribution in [1.82, 2.24) is 49.5 Å². The van der Waals surface area contributed by atoms with Gasteiger partial charge in [0.15, 0.2) is 0 Å². The van der Waals surface area contributed by atoms with Crippen molar-refractivity contribution in [3.8, 4) is 0 Å². The van der Waals surface area contributed by atoms with Crippen LogP contribution in [0.15, 0.2) is 58.2 Å². The molecule has 2 atom stereocenters. The van der Waals surface area contributed by atoms with Crippen LogP contribution in [0.4, 0.5) is 9.59 Å². The van der Waals surface area contributed by atoms with E-state index in [9.17, 15) is 19.2 Å². The predicted octanol–water partition coefficient (Wildman–Crippen LogP) is 9.14. The number of thiophene rings is 2. The third kappa shape index (κ3) is 12.9. The van der Waals surface area contributed by atoms with Crippen LogP contribution in [-0.2, 0) is 35.2 Å². The number of nitrogens with one attached hydrogen (secondary N) is 1. The summed E-state index contributed by atoms with van der Waals surface area (Å²) in [7, 11) is 0. The molecule has 10 rings (SSSR count). The Morgan fingerprint density at radius 3 is 1.70 bits per heavy atom. The molecule has 4 aliphatic rings. The van der Waals surface area contributed by atoms with Gasteiger partial charge < -0.3 is 29.1 Å². The second-order valence-electron chi connectivity index (χ2n) is 16.0. The number of aromatic nitrogens is 6. The Morgan fingerprint density at radius 1 is 0.672 bits per heavy atom. The molecule has 0 saturated carbocycles. The van der Waals surface area contributed by atoms with Gasteiger partial charge in [-0.05, 0) is 99.4 Å². The minimum absolute atomic E-state index is 0.0240. The maximum Gasteiger partial charge on any atom is 0.320 e. The van der Waals surface area contributed by atoms with E-state index in [2.05, 4.69) is 32.3 Å². The quantitative estimate of drug-likeness (QED) is 0.131. The number of aryl methyl sites for hydroxylation is 4. The van der Waals surface area contributed by atoms with Gasteiger partial charge in [-0.15, -0.1) is 45.3 Å². The van der Waals surface area contributed by atoms with Crippen LogP contribution in [0.3, 0.4) is 0 Å². The van der Waals surface area contributed by atoms with Gasteiger partial charge in [0.1, 0.15) is 11.4 Å². The van der Waals surface area contributed by atoms with Gasteiger partial charge in [0.25, 0.3) is 11.1 Å². The van der Waals surface area contributed by atoms with Crippen LogP contribution in [0.1, 0.15) is 91.3 Å². The van der Waals surface area contributed by atoms with Gasteiger partial charge in [-0.3, -0.25) is 14.7 Å². The number of nitrogens with zero attached hydrogens (tertiary/aromatic N) is 9. The molecule has 10 heterocycles. The summed E-state index contributed by atoms with van der Waals surface area (Å²) >= 11 is 23.0. The summed E-state index contributed by atoms with van der Waals surface area (Å²) in [5.74, 6) is -0.245. The Hall–Kier alpha value is -4.25. The minimum Gasteiger partial charge on any atom is -0.378 e. The van der Waals surface area contributed by atoms with Crippen molar-refractivity contribution in [2.75, 3.05) is 65.7 Å². The van der Waals surface area contributed by atoms with Gasteiger partial charge >= 0.3 is 12.1 Å². The predicted molar refractivity (Wildman–Crippen MR) is 261 cm³/mol. The van der Waals surface area contributed by atoms with E-state index in [4.69, 9.17) is 49.4 Å². The van der Waals surface area contributed by atoms with Crippen LogP contribution >= 0.6 is 80.1 Å². The first-order valence-corrected chi connectivity index (χ1v) is 26.7. The molecule has 2 unspecified atom stereocenters. The summed E-state index contributed by atoms with van der Waals surface area (Å²) in [6.45, 7) is 6.45. The van der Waals surface area contributed by atoms with Crippen LogP contribution in [0.25, 0.3) is 0 Å². The summed E-state index contributed by atoms with van der Waals surface area (Å²) in [6.07, 6.45) is 6.98. The second-order valence-corrected chi connectivity index (χ2v) is 21.4. The molecule has 4 amide bonds. The van der Waals surface area contributed by atoms with Gasteiger partial charge in [-0.25, -0.2) is 19.6 Å². The standard InChI is InChI=1S/C22H24ClN5O3S2.C18H23ClN4O2S.C4H2ClNOS/c23-20-6-5-16(33-20)4-3-15-12-17(25-28(15)21(29)18-13-32-14-24-18)19-2-1-7-27(19)22(30)26-8-10-31-11-9-26;19-17-6-5-14(26-17)4-3-13-12-15(21-20-13)16-2-1-7-23(16)18(24)22-8-10-25-11-9-22;5-4(7)3-1-8-2-6-3/h5-6,12-14,19H,1-4,7-11H2;5-6,12,16H,1-4,7-11H2,(H,20,21);1-2H. The van der Waals surface area contributed by atoms with Crippen molar-refractivity contribution in [1.29, 1.82) is 0 Å². The summed E-state index contributed by atoms with van der Waals surface area (Å²) in [6, 6.07) is 12.1. The van der Waals surface area contributed by atoms with E-state index in [-0.39, 0.29) is 30.1 Å². The highest BCUT2D eigenvalue weighted by molar-refractivity contribution is 7.16. The van der Waals surface area contributed by atoms with Crippen molar-refractivity contribution >= 4 is 103 Å². The zero-order chi connectivity index (χ0) is 46.7. The summed E-state index contributed by atoms with van der Waals surface area (Å²) < 4.78 is 13.8. The van der Waals surface area contributed by atoms with Crippen molar-refractivity contribution in [3.63, 3.8) is 0 Å². The number of amides is 4. The highest BCUT2D eigenvalue weighted by atomic mass is 35.5. The molecule has 4 fully saturated rings. The van der Waals surface area contributed by atoms with Crippen LogP contribution in [0, 0.1) is 0 Å². The largest absolute Gasteiger partial charge is 0.378 e. The Labute approximate surface area is 418 Å². The van der Waals surface area contributed by atoms with Crippen LogP contribution in [-0.4, -0.2) is 138 Å². The highest BCUT2D eigenvalue weighted by Crippen LogP contribution is 2.35. The number of carbonyl (C=O) groups is 4. The molecule has 4 aliphatic heterocycles. The van der Waals surface area contributed by atoms with E-state index < -0.39 is 5.24 Å². The zero-order valence-corrected chi connectivity index (χ0v) is 41.9. The molecule has 16 nitrogen and oxygen atoms in total. The Kier molecular flexibility index (Phi) is 17.5. The van der Waals surface area contributed by atoms with Crippen LogP contribution in [0.5, 0.6) is 0 Å². The average Bonchev–Trinajstić information content (AvgIpc) is 4.20. The molecule has 0 radical (unpaired) electrons. The smallest absolute Gasteiger partial charge is 0.320 e. The number of urea groups is 2. The van der Waals surface area contributed by atoms with E-state index in [1.54, 1.807) is 44.5 Å². The van der Waals surface area contributed by atoms with Crippen LogP contribution in [0.2, 0.25) is 8.67 Å². The molecule has 0 spiro atoms. The Bertz CT molecular complexity index is 2550. The fourth-order valence-corrected chi connectivity index (χ4v) is 11.7. The van der Waals surface area contributed by atoms with E-state index in [0.29, 0.717) is 77.0 Å². The van der Waals surface area contributed by atoms with Crippen molar-refractivity contribution in [3.05, 3.63) is 111 Å². The zero-order valence-electron chi connectivity index (χ0n) is 36.4. The molecule has 67 heavy (non-hydrogen) atoms. The number of likely N-dealkylation sites (tertiary alicyclic amines) is 2. The van der Waals surface area contributed by atoms with E-state index in [1.807, 2.05) is 43.9 Å². The maximum atomic E-state index is 13.2. The molecule has 4 saturated heterocycles. The normalized spacial score (nSPS) is 18.4. The summed E-state index contributed by atoms with van der Waals surface area (Å²) in [5.41, 5.74) is 7.58. The number of thiazole rings is 2. The molecular formula is C44H49Cl3N10O6S4. The lowest BCUT2D eigenvalue weighted by Crippen LogP contribution is -2.47. The number of morpholine rings is 2. The molecule has 23 heteroatoms. The minimum atomic E-state index is -0.494. The molecule has 6 aromatic heterocycles. The van der Waals surface area contributed by atoms with Gasteiger partial charge in [0, 0.05) is 71.2 Å². The highest BCUT2D eigenvalue weighted by Gasteiger charge is 2.37. The fraction of sp³-hybridized carbons (Fsp3) is 0.455. The molecule has 6 aromatic rings. The van der Waals surface area contributed by atoms with Crippen molar-refractivity contribution < 1.29 is 28.7 Å². The van der Waals surface area contributed by atoms with E-state index >= 15 is 0 Å². The third-order valence-electron chi connectivity index (χ3n) is 11.7. The topological polar surface area (TPSA) is 172 Å². The van der Waals surface area contributed by atoms with E-state index in [1.165, 1.54) is 32.2 Å². The second kappa shape index (κ2) is 23.9. The Balaban J connectivity index is 0.000000159. The van der Waals surface area contributed by atoms with Gasteiger partial charge in [-0.1, -0.05) is 23.2 Å². The van der Waals surface area contributed by atoms with Crippen molar-refractivity contribution in [2.45, 2.75) is 63.5 Å². The number of carbonyl (C=O) groups excluding carboxylic acids is 4. The molecule has 0 aliphatic carbocycles. The fourth-order valence-electron chi connectivity index (χ4n) is 8.33. The number of ether oxygens (including phenoxy) is 2. The van der Waals surface area contributed by atoms with Gasteiger partial charge in [0.05, 0.1) is 69.6 Å². The number of aromatic amines is 1. The molecule has 0 aromatic carbocycles. The Morgan fingerprint density at radius 2 is 1.21 bits per heavy atom. The maximum absolute atomic E-state index is 13.2. The monoisotopic (exact) mass is 1050 g/mol. The number of hydrogen-bond donors (Lipinski definition) is 1. The van der Waals surface area contributed by atoms with Crippen LogP contribution < -0.4 is 0 Å². The third-order valence-corrected chi connectivity index (χ3v) is 15.6. The lowest BCUT2D eigenvalue weighted by Gasteiger charge is -2.33. The van der Waals surface area contributed by atoms with Gasteiger partial charge in [0.2, 0.25) is 0 Å². The lowest BCUT2D eigenvalue weighted by molar-refractivity contribution is 0.0420. The number of rotatable bonds is 10. The first-order chi connectivity index (χ1) is 32.6. The lowest BCUT2D eigenvalue weighted by atomic mass is 10.1. The van der Waals surface area contributed by atoms with Crippen molar-refractivity contribution in [2.24, 2.45) is 0 Å². The first kappa shape index (κ1) is 49.2. The molecule has 0 bridgehead atoms. The average molecular weight is 1050 g/mol. The SMILES string of the molecule is O=C(Cl)c1cscn1.O=C(N1CCOCC1)N1CCCC1c1cc(CCc2ccc(Cl)s2)[nH]n1.O=C(N1CCOCC1)N1CCCC1c1cc(CCc2ccc(Cl)s2)n(C(=O)c2cscn2)n1. The number of H-pyrrole nitrogens is 1. The molecular weight excluding hydrogens is 999 g/mol. The molecule has 356 valence electrons. The van der Waals surface area contributed by atoms with Gasteiger partial charge in [-0.2, -0.15) is 14.9 Å².